The molecule has 4 fully saturated rings. The van der Waals surface area contributed by atoms with Crippen LogP contribution in [0.25, 0.3) is 0 Å². The maximum absolute atomic E-state index is 10.7. The number of hydrogen-bond acceptors (Lipinski definition) is 3. The molecule has 0 aromatic rings. The van der Waals surface area contributed by atoms with Gasteiger partial charge in [-0.15, -0.1) is 0 Å². The lowest BCUT2D eigenvalue weighted by atomic mass is 9.53. The van der Waals surface area contributed by atoms with Crippen molar-refractivity contribution in [2.24, 2.45) is 17.8 Å². The van der Waals surface area contributed by atoms with Crippen LogP contribution in [0.4, 0.5) is 0 Å². The van der Waals surface area contributed by atoms with Crippen LogP contribution in [0.3, 0.4) is 0 Å². The molecule has 110 valence electrons. The monoisotopic (exact) mass is 287 g/mol. The molecule has 0 radical (unpaired) electrons. The van der Waals surface area contributed by atoms with Crippen molar-refractivity contribution < 1.29 is 13.0 Å². The van der Waals surface area contributed by atoms with E-state index in [1.54, 1.807) is 0 Å². The summed E-state index contributed by atoms with van der Waals surface area (Å²) < 4.78 is 30.0. The third-order valence-electron chi connectivity index (χ3n) is 5.37. The quantitative estimate of drug-likeness (QED) is 0.580. The summed E-state index contributed by atoms with van der Waals surface area (Å²) in [5, 5.41) is 3.74. The molecule has 0 amide bonds. The molecule has 4 aliphatic carbocycles. The molecule has 0 aromatic heterocycles. The molecule has 0 atom stereocenters. The molecule has 4 nitrogen and oxygen atoms in total. The van der Waals surface area contributed by atoms with Gasteiger partial charge in [0.25, 0.3) is 10.1 Å². The third-order valence-corrected chi connectivity index (χ3v) is 6.17. The first-order valence-corrected chi connectivity index (χ1v) is 9.25. The summed E-state index contributed by atoms with van der Waals surface area (Å²) in [5.41, 5.74) is 0.368. The first-order valence-electron chi connectivity index (χ1n) is 7.64. The molecule has 0 spiro atoms. The Balaban J connectivity index is 1.45. The zero-order chi connectivity index (χ0) is 13.5. The Labute approximate surface area is 116 Å². The summed E-state index contributed by atoms with van der Waals surface area (Å²) in [5.74, 6) is 2.72. The summed E-state index contributed by atoms with van der Waals surface area (Å²) in [4.78, 5) is 0. The van der Waals surface area contributed by atoms with Gasteiger partial charge < -0.3 is 5.32 Å². The minimum Gasteiger partial charge on any atom is -0.311 e. The number of nitrogens with one attached hydrogen (secondary N) is 1. The SMILES string of the molecule is O=S(=O)(O)CCCCNC12CC3CC(CC(C3)C1)C2. The number of rotatable bonds is 6. The highest BCUT2D eigenvalue weighted by Crippen LogP contribution is 2.55. The van der Waals surface area contributed by atoms with E-state index in [2.05, 4.69) is 5.32 Å². The van der Waals surface area contributed by atoms with Gasteiger partial charge in [-0.1, -0.05) is 0 Å². The van der Waals surface area contributed by atoms with Crippen molar-refractivity contribution in [1.82, 2.24) is 5.32 Å². The molecule has 4 aliphatic rings. The van der Waals surface area contributed by atoms with E-state index in [0.29, 0.717) is 12.0 Å². The Morgan fingerprint density at radius 1 is 1.00 bits per heavy atom. The fourth-order valence-electron chi connectivity index (χ4n) is 5.09. The predicted octanol–water partition coefficient (Wildman–Crippen LogP) is 2.21. The lowest BCUT2D eigenvalue weighted by Crippen LogP contribution is -2.58. The van der Waals surface area contributed by atoms with Crippen molar-refractivity contribution in [2.45, 2.75) is 56.9 Å². The summed E-state index contributed by atoms with van der Waals surface area (Å²) >= 11 is 0. The van der Waals surface area contributed by atoms with Crippen LogP contribution in [0, 0.1) is 17.8 Å². The van der Waals surface area contributed by atoms with Gasteiger partial charge in [0.05, 0.1) is 5.75 Å². The summed E-state index contributed by atoms with van der Waals surface area (Å²) in [6, 6.07) is 0. The molecule has 19 heavy (non-hydrogen) atoms. The van der Waals surface area contributed by atoms with Crippen LogP contribution < -0.4 is 5.32 Å². The first kappa shape index (κ1) is 13.8. The maximum Gasteiger partial charge on any atom is 0.264 e. The van der Waals surface area contributed by atoms with Crippen molar-refractivity contribution in [3.63, 3.8) is 0 Å². The molecule has 0 aromatic carbocycles. The fourth-order valence-corrected chi connectivity index (χ4v) is 5.66. The largest absolute Gasteiger partial charge is 0.311 e. The first-order chi connectivity index (χ1) is 8.94. The highest BCUT2D eigenvalue weighted by Gasteiger charge is 2.50. The van der Waals surface area contributed by atoms with Gasteiger partial charge in [-0.25, -0.2) is 0 Å². The molecule has 0 heterocycles. The van der Waals surface area contributed by atoms with E-state index in [0.717, 1.165) is 30.7 Å². The van der Waals surface area contributed by atoms with Gasteiger partial charge in [0, 0.05) is 5.54 Å². The normalized spacial score (nSPS) is 40.8. The summed E-state index contributed by atoms with van der Waals surface area (Å²) in [6.07, 6.45) is 9.72. The van der Waals surface area contributed by atoms with Crippen LogP contribution in [0.2, 0.25) is 0 Å². The van der Waals surface area contributed by atoms with Crippen LogP contribution in [-0.4, -0.2) is 30.8 Å². The van der Waals surface area contributed by atoms with Crippen LogP contribution in [0.15, 0.2) is 0 Å². The van der Waals surface area contributed by atoms with Crippen LogP contribution in [0.1, 0.15) is 51.4 Å². The molecule has 4 rings (SSSR count). The molecular formula is C14H25NO3S. The average molecular weight is 287 g/mol. The van der Waals surface area contributed by atoms with Gasteiger partial charge in [-0.05, 0) is 75.7 Å². The van der Waals surface area contributed by atoms with E-state index >= 15 is 0 Å². The summed E-state index contributed by atoms with van der Waals surface area (Å²) in [6.45, 7) is 0.891. The topological polar surface area (TPSA) is 66.4 Å². The van der Waals surface area contributed by atoms with E-state index < -0.39 is 10.1 Å². The third kappa shape index (κ3) is 3.31. The van der Waals surface area contributed by atoms with Gasteiger partial charge in [-0.2, -0.15) is 8.42 Å². The van der Waals surface area contributed by atoms with E-state index in [9.17, 15) is 8.42 Å². The van der Waals surface area contributed by atoms with E-state index in [1.807, 2.05) is 0 Å². The molecule has 0 aliphatic heterocycles. The Morgan fingerprint density at radius 2 is 1.53 bits per heavy atom. The second-order valence-electron chi connectivity index (χ2n) is 7.12. The lowest BCUT2D eigenvalue weighted by molar-refractivity contribution is -0.0195. The molecule has 4 bridgehead atoms. The van der Waals surface area contributed by atoms with E-state index in [1.165, 1.54) is 38.5 Å². The zero-order valence-electron chi connectivity index (χ0n) is 11.5. The minimum atomic E-state index is -3.78. The Bertz CT molecular complexity index is 397. The van der Waals surface area contributed by atoms with E-state index in [-0.39, 0.29) is 5.75 Å². The molecule has 5 heteroatoms. The minimum absolute atomic E-state index is 0.102. The van der Waals surface area contributed by atoms with Crippen molar-refractivity contribution in [2.75, 3.05) is 12.3 Å². The molecule has 0 unspecified atom stereocenters. The van der Waals surface area contributed by atoms with Crippen LogP contribution in [0.5, 0.6) is 0 Å². The smallest absolute Gasteiger partial charge is 0.264 e. The second-order valence-corrected chi connectivity index (χ2v) is 8.69. The van der Waals surface area contributed by atoms with Gasteiger partial charge in [0.15, 0.2) is 0 Å². The second kappa shape index (κ2) is 5.01. The van der Waals surface area contributed by atoms with Gasteiger partial charge in [0.2, 0.25) is 0 Å². The Hall–Kier alpha value is -0.130. The van der Waals surface area contributed by atoms with E-state index in [4.69, 9.17) is 4.55 Å². The van der Waals surface area contributed by atoms with Gasteiger partial charge >= 0.3 is 0 Å². The molecule has 0 saturated heterocycles. The standard InChI is InChI=1S/C14H25NO3S/c16-19(17,18)4-2-1-3-15-14-8-11-5-12(9-14)7-13(6-11)10-14/h11-13,15H,1-10H2,(H,16,17,18). The van der Waals surface area contributed by atoms with Crippen LogP contribution in [-0.2, 0) is 10.1 Å². The number of hydrogen-bond donors (Lipinski definition) is 2. The van der Waals surface area contributed by atoms with Gasteiger partial charge in [0.1, 0.15) is 0 Å². The van der Waals surface area contributed by atoms with Crippen molar-refractivity contribution in [3.05, 3.63) is 0 Å². The van der Waals surface area contributed by atoms with Gasteiger partial charge in [-0.3, -0.25) is 4.55 Å². The lowest BCUT2D eigenvalue weighted by Gasteiger charge is -2.57. The highest BCUT2D eigenvalue weighted by molar-refractivity contribution is 7.85. The average Bonchev–Trinajstić information content (AvgIpc) is 2.24. The van der Waals surface area contributed by atoms with Crippen molar-refractivity contribution in [1.29, 1.82) is 0 Å². The predicted molar refractivity (Wildman–Crippen MR) is 74.6 cm³/mol. The Kier molecular flexibility index (Phi) is 3.65. The summed E-state index contributed by atoms with van der Waals surface area (Å²) in [7, 11) is -3.78. The van der Waals surface area contributed by atoms with Crippen molar-refractivity contribution >= 4 is 10.1 Å². The number of unbranched alkanes of at least 4 members (excludes halogenated alkanes) is 1. The molecular weight excluding hydrogens is 262 g/mol. The molecule has 4 saturated carbocycles. The highest BCUT2D eigenvalue weighted by atomic mass is 32.2. The molecule has 2 N–H and O–H groups in total. The Morgan fingerprint density at radius 3 is 2.00 bits per heavy atom. The fraction of sp³-hybridized carbons (Fsp3) is 1.00. The maximum atomic E-state index is 10.7. The van der Waals surface area contributed by atoms with Crippen LogP contribution >= 0.6 is 0 Å². The van der Waals surface area contributed by atoms with Crippen molar-refractivity contribution in [3.8, 4) is 0 Å². The zero-order valence-corrected chi connectivity index (χ0v) is 12.3.